The number of Topliss-reactive ketones (excluding diaryl/α,β-unsaturated/α-hetero) is 1. The van der Waals surface area contributed by atoms with E-state index in [-0.39, 0.29) is 0 Å². The summed E-state index contributed by atoms with van der Waals surface area (Å²) < 4.78 is 4.99. The molecule has 0 saturated carbocycles. The quantitative estimate of drug-likeness (QED) is 0.261. The van der Waals surface area contributed by atoms with Crippen molar-refractivity contribution in [2.24, 2.45) is 0 Å². The summed E-state index contributed by atoms with van der Waals surface area (Å²) in [7, 11) is 0. The van der Waals surface area contributed by atoms with Crippen LogP contribution in [0.2, 0.25) is 0 Å². The van der Waals surface area contributed by atoms with Gasteiger partial charge in [-0.15, -0.1) is 0 Å². The van der Waals surface area contributed by atoms with Crippen LogP contribution >= 0.6 is 0 Å². The average Bonchev–Trinajstić information content (AvgIpc) is 2.39. The van der Waals surface area contributed by atoms with Gasteiger partial charge >= 0.3 is 5.97 Å². The molecule has 124 valence electrons. The Kier molecular flexibility index (Phi) is 7.37. The molecule has 0 spiro atoms. The van der Waals surface area contributed by atoms with Gasteiger partial charge in [0.15, 0.2) is 0 Å². The summed E-state index contributed by atoms with van der Waals surface area (Å²) in [5.74, 6) is -3.05. The Morgan fingerprint density at radius 3 is 1.86 bits per heavy atom. The standard InChI is InChI=1S/C12H22O9/c1-12(2,3)21-10(11(19)20)9(18)8(17)7(16)6(15)5(14)4-13/h5-8,10,13-17H,4H2,1-3H3,(H,19,20)/t5-,6+,7+,8-,10?/m1/s1. The van der Waals surface area contributed by atoms with Gasteiger partial charge in [-0.2, -0.15) is 0 Å². The van der Waals surface area contributed by atoms with Crippen molar-refractivity contribution in [3.63, 3.8) is 0 Å². The number of carboxylic acid groups (broad SMARTS) is 1. The first-order valence-electron chi connectivity index (χ1n) is 6.19. The molecule has 9 nitrogen and oxygen atoms in total. The highest BCUT2D eigenvalue weighted by Gasteiger charge is 2.41. The van der Waals surface area contributed by atoms with Gasteiger partial charge < -0.3 is 35.4 Å². The summed E-state index contributed by atoms with van der Waals surface area (Å²) in [6.07, 6.45) is -10.4. The predicted octanol–water partition coefficient (Wildman–Crippen LogP) is -2.74. The van der Waals surface area contributed by atoms with Gasteiger partial charge in [0.2, 0.25) is 11.9 Å². The second-order valence-corrected chi connectivity index (χ2v) is 5.53. The molecule has 0 aromatic heterocycles. The Morgan fingerprint density at radius 1 is 1.05 bits per heavy atom. The molecule has 5 atom stereocenters. The zero-order valence-electron chi connectivity index (χ0n) is 12.0. The van der Waals surface area contributed by atoms with Crippen molar-refractivity contribution >= 4 is 11.8 Å². The second-order valence-electron chi connectivity index (χ2n) is 5.53. The van der Waals surface area contributed by atoms with Crippen LogP contribution in [0.15, 0.2) is 0 Å². The summed E-state index contributed by atoms with van der Waals surface area (Å²) in [6, 6.07) is 0. The van der Waals surface area contributed by atoms with Gasteiger partial charge in [0.05, 0.1) is 12.2 Å². The molecule has 0 fully saturated rings. The van der Waals surface area contributed by atoms with Crippen molar-refractivity contribution in [1.29, 1.82) is 0 Å². The lowest BCUT2D eigenvalue weighted by atomic mass is 9.97. The first-order valence-corrected chi connectivity index (χ1v) is 6.19. The number of hydrogen-bond donors (Lipinski definition) is 6. The van der Waals surface area contributed by atoms with Crippen LogP contribution in [0.1, 0.15) is 20.8 Å². The van der Waals surface area contributed by atoms with Crippen molar-refractivity contribution in [2.75, 3.05) is 6.61 Å². The fourth-order valence-corrected chi connectivity index (χ4v) is 1.43. The van der Waals surface area contributed by atoms with Crippen LogP contribution in [-0.4, -0.2) is 85.1 Å². The number of carbonyl (C=O) groups is 2. The fraction of sp³-hybridized carbons (Fsp3) is 0.833. The highest BCUT2D eigenvalue weighted by Crippen LogP contribution is 2.15. The molecule has 9 heteroatoms. The number of carbonyl (C=O) groups excluding carboxylic acids is 1. The molecular formula is C12H22O9. The maximum atomic E-state index is 11.8. The topological polar surface area (TPSA) is 165 Å². The first-order chi connectivity index (χ1) is 9.42. The lowest BCUT2D eigenvalue weighted by molar-refractivity contribution is -0.176. The predicted molar refractivity (Wildman–Crippen MR) is 68.4 cm³/mol. The fourth-order valence-electron chi connectivity index (χ4n) is 1.43. The Bertz CT molecular complexity index is 362. The first kappa shape index (κ1) is 19.9. The normalized spacial score (nSPS) is 19.4. The minimum atomic E-state index is -2.30. The third-order valence-electron chi connectivity index (χ3n) is 2.50. The van der Waals surface area contributed by atoms with E-state index in [0.29, 0.717) is 0 Å². The summed E-state index contributed by atoms with van der Waals surface area (Å²) >= 11 is 0. The van der Waals surface area contributed by atoms with E-state index in [0.717, 1.165) is 0 Å². The van der Waals surface area contributed by atoms with Gasteiger partial charge in [0.1, 0.15) is 24.4 Å². The zero-order valence-corrected chi connectivity index (χ0v) is 12.0. The number of rotatable bonds is 8. The van der Waals surface area contributed by atoms with Crippen LogP contribution in [0.25, 0.3) is 0 Å². The number of ketones is 1. The van der Waals surface area contributed by atoms with Crippen LogP contribution in [-0.2, 0) is 14.3 Å². The number of hydrogen-bond acceptors (Lipinski definition) is 8. The molecule has 0 rings (SSSR count). The number of ether oxygens (including phenoxy) is 1. The molecule has 0 radical (unpaired) electrons. The minimum Gasteiger partial charge on any atom is -0.479 e. The van der Waals surface area contributed by atoms with E-state index in [4.69, 9.17) is 20.1 Å². The number of aliphatic hydroxyl groups excluding tert-OH is 5. The van der Waals surface area contributed by atoms with Crippen LogP contribution in [0.5, 0.6) is 0 Å². The Hall–Kier alpha value is -1.10. The van der Waals surface area contributed by atoms with Gasteiger partial charge in [-0.25, -0.2) is 4.79 Å². The number of aliphatic carboxylic acids is 1. The third-order valence-corrected chi connectivity index (χ3v) is 2.50. The molecule has 0 aliphatic rings. The van der Waals surface area contributed by atoms with Crippen molar-refractivity contribution in [3.8, 4) is 0 Å². The average molecular weight is 310 g/mol. The molecule has 0 heterocycles. The molecule has 0 aliphatic carbocycles. The molecule has 0 amide bonds. The summed E-state index contributed by atoms with van der Waals surface area (Å²) in [4.78, 5) is 22.9. The molecule has 21 heavy (non-hydrogen) atoms. The van der Waals surface area contributed by atoms with Crippen molar-refractivity contribution in [3.05, 3.63) is 0 Å². The Morgan fingerprint density at radius 2 is 1.52 bits per heavy atom. The third kappa shape index (κ3) is 6.04. The van der Waals surface area contributed by atoms with Crippen LogP contribution in [0.4, 0.5) is 0 Å². The minimum absolute atomic E-state index is 0.917. The molecule has 0 aliphatic heterocycles. The highest BCUT2D eigenvalue weighted by molar-refractivity contribution is 6.03. The van der Waals surface area contributed by atoms with Crippen molar-refractivity contribution in [2.45, 2.75) is 56.9 Å². The van der Waals surface area contributed by atoms with E-state index in [1.54, 1.807) is 0 Å². The smallest absolute Gasteiger partial charge is 0.340 e. The Labute approximate surface area is 121 Å². The number of aliphatic hydroxyl groups is 5. The highest BCUT2D eigenvalue weighted by atomic mass is 16.5. The van der Waals surface area contributed by atoms with Crippen molar-refractivity contribution in [1.82, 2.24) is 0 Å². The van der Waals surface area contributed by atoms with E-state index < -0.39 is 54.5 Å². The molecule has 0 aromatic rings. The largest absolute Gasteiger partial charge is 0.479 e. The summed E-state index contributed by atoms with van der Waals surface area (Å²) in [6.45, 7) is 3.55. The lowest BCUT2D eigenvalue weighted by Gasteiger charge is -2.29. The molecule has 0 bridgehead atoms. The molecule has 0 saturated heterocycles. The molecule has 0 aromatic carbocycles. The lowest BCUT2D eigenvalue weighted by Crippen LogP contribution is -2.53. The summed E-state index contributed by atoms with van der Waals surface area (Å²) in [5, 5.41) is 55.3. The monoisotopic (exact) mass is 310 g/mol. The van der Waals surface area contributed by atoms with Gasteiger partial charge in [0.25, 0.3) is 0 Å². The Balaban J connectivity index is 5.05. The maximum absolute atomic E-state index is 11.8. The second kappa shape index (κ2) is 7.78. The zero-order chi connectivity index (χ0) is 17.0. The molecule has 1 unspecified atom stereocenters. The summed E-state index contributed by atoms with van der Waals surface area (Å²) in [5.41, 5.74) is -1.01. The van der Waals surface area contributed by atoms with Crippen LogP contribution in [0.3, 0.4) is 0 Å². The SMILES string of the molecule is CC(C)(C)OC(C(=O)O)C(=O)[C@H](O)[C@@H](O)[C@@H](O)[C@H](O)CO. The molecular weight excluding hydrogens is 288 g/mol. The number of carboxylic acids is 1. The van der Waals surface area contributed by atoms with Gasteiger partial charge in [0, 0.05) is 0 Å². The van der Waals surface area contributed by atoms with Gasteiger partial charge in [-0.05, 0) is 20.8 Å². The van der Waals surface area contributed by atoms with Gasteiger partial charge in [-0.1, -0.05) is 0 Å². The van der Waals surface area contributed by atoms with Crippen LogP contribution < -0.4 is 0 Å². The van der Waals surface area contributed by atoms with Gasteiger partial charge in [-0.3, -0.25) is 4.79 Å². The van der Waals surface area contributed by atoms with E-state index in [2.05, 4.69) is 0 Å². The maximum Gasteiger partial charge on any atom is 0.340 e. The van der Waals surface area contributed by atoms with Crippen LogP contribution in [0, 0.1) is 0 Å². The van der Waals surface area contributed by atoms with Crippen molar-refractivity contribution < 1.29 is 45.0 Å². The molecule has 6 N–H and O–H groups in total. The van der Waals surface area contributed by atoms with E-state index in [1.807, 2.05) is 0 Å². The van der Waals surface area contributed by atoms with E-state index in [9.17, 15) is 24.9 Å². The van der Waals surface area contributed by atoms with E-state index in [1.165, 1.54) is 20.8 Å². The van der Waals surface area contributed by atoms with E-state index >= 15 is 0 Å².